The van der Waals surface area contributed by atoms with E-state index in [0.29, 0.717) is 6.42 Å². The molecule has 0 unspecified atom stereocenters. The number of carboxylic acids is 2. The molecule has 0 aromatic heterocycles. The second-order valence-corrected chi connectivity index (χ2v) is 11.1. The van der Waals surface area contributed by atoms with Crippen molar-refractivity contribution >= 4 is 11.9 Å². The summed E-state index contributed by atoms with van der Waals surface area (Å²) < 4.78 is 0. The van der Waals surface area contributed by atoms with E-state index >= 15 is 0 Å². The Hall–Kier alpha value is 0.316. The average Bonchev–Trinajstić information content (AvgIpc) is 2.89. The molecule has 0 bridgehead atoms. The molecule has 0 saturated heterocycles. The molecular weight excluding hydrogens is 511 g/mol. The largest absolute Gasteiger partial charge is 1.00 e. The number of rotatable bonds is 29. The number of carbonyl (C=O) groups excluding carboxylic acids is 1. The van der Waals surface area contributed by atoms with Crippen molar-refractivity contribution in [1.82, 2.24) is 0 Å². The van der Waals surface area contributed by atoms with Crippen LogP contribution in [0.15, 0.2) is 12.2 Å². The predicted molar refractivity (Wildman–Crippen MR) is 162 cm³/mol. The number of hydrogen-bond acceptors (Lipinski definition) is 3. The average molecular weight is 577 g/mol. The van der Waals surface area contributed by atoms with Crippen LogP contribution in [-0.4, -0.2) is 17.0 Å². The fourth-order valence-electron chi connectivity index (χ4n) is 4.63. The number of unbranched alkanes of at least 4 members (excludes halogenated alkanes) is 23. The maximum absolute atomic E-state index is 10.3. The normalized spacial score (nSPS) is 10.7. The Labute approximate surface area is 286 Å². The topological polar surface area (TPSA) is 77.4 Å². The van der Waals surface area contributed by atoms with Crippen LogP contribution in [0.25, 0.3) is 0 Å². The van der Waals surface area contributed by atoms with E-state index in [1.165, 1.54) is 135 Å². The maximum Gasteiger partial charge on any atom is 1.00 e. The van der Waals surface area contributed by atoms with Crippen LogP contribution in [0, 0.1) is 0 Å². The van der Waals surface area contributed by atoms with Crippen LogP contribution in [-0.2, 0) is 9.59 Å². The number of carbonyl (C=O) groups is 2. The van der Waals surface area contributed by atoms with Crippen molar-refractivity contribution in [2.24, 2.45) is 0 Å². The first-order chi connectivity index (χ1) is 18.5. The molecule has 39 heavy (non-hydrogen) atoms. The molecule has 0 aromatic carbocycles. The van der Waals surface area contributed by atoms with E-state index in [-0.39, 0.29) is 57.8 Å². The molecule has 4 nitrogen and oxygen atoms in total. The zero-order chi connectivity index (χ0) is 28.4. The van der Waals surface area contributed by atoms with Crippen molar-refractivity contribution in [1.29, 1.82) is 0 Å². The number of carboxylic acid groups (broad SMARTS) is 2. The van der Waals surface area contributed by atoms with Gasteiger partial charge in [0, 0.05) is 12.4 Å². The van der Waals surface area contributed by atoms with Crippen LogP contribution in [0.2, 0.25) is 0 Å². The minimum absolute atomic E-state index is 0. The first-order valence-electron chi connectivity index (χ1n) is 16.6. The molecule has 5 heteroatoms. The van der Waals surface area contributed by atoms with E-state index < -0.39 is 11.9 Å². The Morgan fingerprint density at radius 3 is 1.08 bits per heavy atom. The maximum atomic E-state index is 10.3. The molecule has 0 heterocycles. The van der Waals surface area contributed by atoms with E-state index in [1.54, 1.807) is 0 Å². The van der Waals surface area contributed by atoms with Crippen molar-refractivity contribution in [2.45, 2.75) is 194 Å². The van der Waals surface area contributed by atoms with Crippen molar-refractivity contribution in [2.75, 3.05) is 0 Å². The zero-order valence-electron chi connectivity index (χ0n) is 26.6. The predicted octanol–water partition coefficient (Wildman–Crippen LogP) is 7.33. The Bertz CT molecular complexity index is 507. The van der Waals surface area contributed by atoms with Gasteiger partial charge in [-0.15, -0.1) is 0 Å². The Balaban J connectivity index is -0.000000651. The van der Waals surface area contributed by atoms with Crippen molar-refractivity contribution in [3.63, 3.8) is 0 Å². The van der Waals surface area contributed by atoms with E-state index in [9.17, 15) is 14.7 Å². The second-order valence-electron chi connectivity index (χ2n) is 11.1. The molecule has 0 fully saturated rings. The Kier molecular flexibility index (Phi) is 45.4. The summed E-state index contributed by atoms with van der Waals surface area (Å²) >= 11 is 0. The third kappa shape index (κ3) is 48.4. The van der Waals surface area contributed by atoms with Gasteiger partial charge < -0.3 is 15.0 Å². The van der Waals surface area contributed by atoms with Gasteiger partial charge in [-0.2, -0.15) is 0 Å². The van der Waals surface area contributed by atoms with Crippen molar-refractivity contribution in [3.8, 4) is 0 Å². The van der Waals surface area contributed by atoms with Gasteiger partial charge in [-0.1, -0.05) is 154 Å². The summed E-state index contributed by atoms with van der Waals surface area (Å²) in [5, 5.41) is 18.7. The van der Waals surface area contributed by atoms with Gasteiger partial charge >= 0.3 is 57.4 Å². The summed E-state index contributed by atoms with van der Waals surface area (Å²) in [6.07, 6.45) is 38.2. The molecule has 0 aromatic rings. The summed E-state index contributed by atoms with van der Waals surface area (Å²) in [5.41, 5.74) is 0. The first-order valence-corrected chi connectivity index (χ1v) is 16.6. The smallest absolute Gasteiger partial charge is 0.550 e. The first kappa shape index (κ1) is 43.8. The van der Waals surface area contributed by atoms with E-state index in [0.717, 1.165) is 32.1 Å². The molecule has 0 radical (unpaired) electrons. The number of aliphatic carboxylic acids is 2. The quantitative estimate of drug-likeness (QED) is 0.0574. The molecule has 226 valence electrons. The second kappa shape index (κ2) is 40.5. The minimum Gasteiger partial charge on any atom is -0.550 e. The molecule has 0 spiro atoms. The van der Waals surface area contributed by atoms with Gasteiger partial charge in [0.25, 0.3) is 0 Å². The summed E-state index contributed by atoms with van der Waals surface area (Å²) in [4.78, 5) is 20.5. The van der Waals surface area contributed by atoms with Gasteiger partial charge in [-0.25, -0.2) is 0 Å². The molecule has 0 aliphatic carbocycles. The molecule has 0 rings (SSSR count). The van der Waals surface area contributed by atoms with Gasteiger partial charge in [0.2, 0.25) is 0 Å². The number of allylic oxidation sites excluding steroid dienone is 2. The Morgan fingerprint density at radius 1 is 0.487 bits per heavy atom. The molecule has 0 saturated carbocycles. The molecule has 0 atom stereocenters. The standard InChI is InChI=1S/C18H34O2.C16H32O2.K/c1-2-3-4-5-6-7-8-9-10-11-12-13-14-15-16-17-18(19)20;1-2-3-4-5-6-7-8-9-10-11-12-13-14-15-16(17)18;/h9-10H,2-8,11-17H2,1H3,(H,19,20);2-15H2,1H3,(H,17,18);/q;;+1/p-1/b10-9-;;. The van der Waals surface area contributed by atoms with Crippen LogP contribution in [0.4, 0.5) is 0 Å². The van der Waals surface area contributed by atoms with Crippen LogP contribution in [0.1, 0.15) is 194 Å². The van der Waals surface area contributed by atoms with Gasteiger partial charge in [0.15, 0.2) is 0 Å². The molecular formula is C34H65KO4. The Morgan fingerprint density at radius 2 is 0.769 bits per heavy atom. The van der Waals surface area contributed by atoms with E-state index in [1.807, 2.05) is 0 Å². The number of hydrogen-bond donors (Lipinski definition) is 1. The monoisotopic (exact) mass is 576 g/mol. The van der Waals surface area contributed by atoms with Crippen LogP contribution in [0.5, 0.6) is 0 Å². The summed E-state index contributed by atoms with van der Waals surface area (Å²) in [6.45, 7) is 4.52. The van der Waals surface area contributed by atoms with Crippen LogP contribution >= 0.6 is 0 Å². The molecule has 0 aliphatic heterocycles. The van der Waals surface area contributed by atoms with Crippen molar-refractivity contribution in [3.05, 3.63) is 12.2 Å². The third-order valence-electron chi connectivity index (χ3n) is 7.14. The van der Waals surface area contributed by atoms with Gasteiger partial charge in [-0.3, -0.25) is 4.79 Å². The summed E-state index contributed by atoms with van der Waals surface area (Å²) in [6, 6.07) is 0. The molecule has 0 aliphatic rings. The van der Waals surface area contributed by atoms with Gasteiger partial charge in [-0.05, 0) is 44.9 Å². The van der Waals surface area contributed by atoms with Crippen molar-refractivity contribution < 1.29 is 71.2 Å². The van der Waals surface area contributed by atoms with E-state index in [2.05, 4.69) is 26.0 Å². The fraction of sp³-hybridized carbons (Fsp3) is 0.882. The van der Waals surface area contributed by atoms with Crippen LogP contribution in [0.3, 0.4) is 0 Å². The SMILES string of the molecule is CCCCCCCC/C=C\CCCCCCCC(=O)[O-].CCCCCCCCCCCCCCCC(=O)O.[K+]. The van der Waals surface area contributed by atoms with E-state index in [4.69, 9.17) is 5.11 Å². The fourth-order valence-corrected chi connectivity index (χ4v) is 4.63. The zero-order valence-corrected chi connectivity index (χ0v) is 29.7. The van der Waals surface area contributed by atoms with Gasteiger partial charge in [0.1, 0.15) is 0 Å². The minimum atomic E-state index is -0.914. The summed E-state index contributed by atoms with van der Waals surface area (Å²) in [7, 11) is 0. The van der Waals surface area contributed by atoms with Crippen LogP contribution < -0.4 is 56.5 Å². The molecule has 0 amide bonds. The van der Waals surface area contributed by atoms with Gasteiger partial charge in [0.05, 0.1) is 0 Å². The third-order valence-corrected chi connectivity index (χ3v) is 7.14. The molecule has 1 N–H and O–H groups in total. The summed E-state index contributed by atoms with van der Waals surface area (Å²) in [5.74, 6) is -1.57.